The summed E-state index contributed by atoms with van der Waals surface area (Å²) in [6.07, 6.45) is 3.03. The van der Waals surface area contributed by atoms with Crippen LogP contribution < -0.4 is 5.73 Å². The number of halogens is 1. The van der Waals surface area contributed by atoms with Crippen molar-refractivity contribution in [3.63, 3.8) is 0 Å². The van der Waals surface area contributed by atoms with Crippen molar-refractivity contribution in [3.8, 4) is 0 Å². The third kappa shape index (κ3) is 2.77. The van der Waals surface area contributed by atoms with Crippen LogP contribution in [0.2, 0.25) is 0 Å². The van der Waals surface area contributed by atoms with Crippen molar-refractivity contribution in [1.29, 1.82) is 0 Å². The molecule has 8 heteroatoms. The minimum absolute atomic E-state index is 0. The third-order valence-electron chi connectivity index (χ3n) is 2.98. The summed E-state index contributed by atoms with van der Waals surface area (Å²) in [5.74, 6) is -0.597. The first kappa shape index (κ1) is 14.7. The van der Waals surface area contributed by atoms with Crippen LogP contribution in [0.5, 0.6) is 0 Å². The number of aromatic nitrogens is 4. The maximum atomic E-state index is 10.8. The van der Waals surface area contributed by atoms with Gasteiger partial charge in [-0.1, -0.05) is 12.1 Å². The van der Waals surface area contributed by atoms with Crippen molar-refractivity contribution < 1.29 is 9.90 Å². The summed E-state index contributed by atoms with van der Waals surface area (Å²) in [6, 6.07) is 6.67. The molecule has 0 aliphatic heterocycles. The molecule has 2 heterocycles. The quantitative estimate of drug-likeness (QED) is 0.760. The number of nitrogens with zero attached hydrogens (tertiary/aromatic N) is 4. The van der Waals surface area contributed by atoms with Gasteiger partial charge in [0.25, 0.3) is 0 Å². The molecule has 2 aromatic heterocycles. The lowest BCUT2D eigenvalue weighted by Crippen LogP contribution is -2.02. The number of carbonyl (C=O) groups is 1. The normalized spacial score (nSPS) is 10.3. The molecule has 108 valence electrons. The molecule has 7 nitrogen and oxygen atoms in total. The Morgan fingerprint density at radius 1 is 1.19 bits per heavy atom. The number of benzene rings is 1. The Hall–Kier alpha value is -2.67. The largest absolute Gasteiger partial charge is 0.478 e. The van der Waals surface area contributed by atoms with E-state index in [4.69, 9.17) is 10.8 Å². The first-order valence-electron chi connectivity index (χ1n) is 5.88. The number of anilines is 1. The minimum Gasteiger partial charge on any atom is -0.478 e. The Labute approximate surface area is 125 Å². The molecule has 3 N–H and O–H groups in total. The lowest BCUT2D eigenvalue weighted by atomic mass is 10.1. The van der Waals surface area contributed by atoms with E-state index in [1.54, 1.807) is 30.6 Å². The summed E-state index contributed by atoms with van der Waals surface area (Å²) in [6.45, 7) is 0.535. The molecule has 0 amide bonds. The van der Waals surface area contributed by atoms with E-state index >= 15 is 0 Å². The molecular formula is C13H12ClN5O2. The maximum absolute atomic E-state index is 10.8. The number of hydrogen-bond acceptors (Lipinski definition) is 5. The Balaban J connectivity index is 0.00000161. The molecule has 0 atom stereocenters. The molecular weight excluding hydrogens is 294 g/mol. The van der Waals surface area contributed by atoms with E-state index in [9.17, 15) is 4.79 Å². The number of carboxylic acids is 1. The lowest BCUT2D eigenvalue weighted by Gasteiger charge is -2.04. The predicted molar refractivity (Wildman–Crippen MR) is 79.5 cm³/mol. The highest BCUT2D eigenvalue weighted by molar-refractivity contribution is 5.87. The SMILES string of the molecule is Cl.Nc1ncnc2c1ncn2Cc1ccc(C(=O)O)cc1. The van der Waals surface area contributed by atoms with Crippen molar-refractivity contribution in [2.24, 2.45) is 0 Å². The highest BCUT2D eigenvalue weighted by atomic mass is 35.5. The monoisotopic (exact) mass is 305 g/mol. The first-order valence-corrected chi connectivity index (χ1v) is 5.88. The zero-order valence-electron chi connectivity index (χ0n) is 10.8. The summed E-state index contributed by atoms with van der Waals surface area (Å²) < 4.78 is 1.84. The number of aromatic carboxylic acids is 1. The lowest BCUT2D eigenvalue weighted by molar-refractivity contribution is 0.0697. The standard InChI is InChI=1S/C13H11N5O2.ClH/c14-11-10-12(16-6-15-11)18(7-17-10)5-8-1-3-9(4-2-8)13(19)20;/h1-4,6-7H,5H2,(H,19,20)(H2,14,15,16);1H. The second kappa shape index (κ2) is 5.76. The van der Waals surface area contributed by atoms with Crippen molar-refractivity contribution >= 4 is 35.4 Å². The predicted octanol–water partition coefficient (Wildman–Crippen LogP) is 1.58. The van der Waals surface area contributed by atoms with Crippen LogP contribution >= 0.6 is 12.4 Å². The van der Waals surface area contributed by atoms with Crippen LogP contribution in [0.25, 0.3) is 11.2 Å². The topological polar surface area (TPSA) is 107 Å². The van der Waals surface area contributed by atoms with Gasteiger partial charge in [0.1, 0.15) is 11.8 Å². The summed E-state index contributed by atoms with van der Waals surface area (Å²) in [7, 11) is 0. The molecule has 0 aliphatic rings. The molecule has 0 spiro atoms. The van der Waals surface area contributed by atoms with E-state index in [-0.39, 0.29) is 18.0 Å². The molecule has 0 radical (unpaired) electrons. The number of carboxylic acid groups (broad SMARTS) is 1. The van der Waals surface area contributed by atoms with Gasteiger partial charge in [-0.15, -0.1) is 12.4 Å². The van der Waals surface area contributed by atoms with Crippen LogP contribution in [0.1, 0.15) is 15.9 Å². The van der Waals surface area contributed by atoms with Crippen molar-refractivity contribution in [2.45, 2.75) is 6.54 Å². The van der Waals surface area contributed by atoms with Crippen molar-refractivity contribution in [2.75, 3.05) is 5.73 Å². The average molecular weight is 306 g/mol. The zero-order valence-corrected chi connectivity index (χ0v) is 11.6. The number of nitrogens with two attached hydrogens (primary N) is 1. The van der Waals surface area contributed by atoms with Gasteiger partial charge in [0.2, 0.25) is 0 Å². The van der Waals surface area contributed by atoms with Gasteiger partial charge in [-0.2, -0.15) is 0 Å². The molecule has 0 fully saturated rings. The number of fused-ring (bicyclic) bond motifs is 1. The summed E-state index contributed by atoms with van der Waals surface area (Å²) in [5.41, 5.74) is 8.15. The Morgan fingerprint density at radius 3 is 2.57 bits per heavy atom. The van der Waals surface area contributed by atoms with Crippen LogP contribution in [0.3, 0.4) is 0 Å². The van der Waals surface area contributed by atoms with E-state index in [1.165, 1.54) is 6.33 Å². The molecule has 3 aromatic rings. The van der Waals surface area contributed by atoms with Crippen molar-refractivity contribution in [3.05, 3.63) is 48.0 Å². The highest BCUT2D eigenvalue weighted by Gasteiger charge is 2.08. The van der Waals surface area contributed by atoms with Crippen LogP contribution in [0, 0.1) is 0 Å². The molecule has 0 saturated heterocycles. The van der Waals surface area contributed by atoms with Gasteiger partial charge >= 0.3 is 5.97 Å². The molecule has 21 heavy (non-hydrogen) atoms. The summed E-state index contributed by atoms with van der Waals surface area (Å²) >= 11 is 0. The van der Waals surface area contributed by atoms with Crippen LogP contribution in [0.15, 0.2) is 36.9 Å². The number of hydrogen-bond donors (Lipinski definition) is 2. The number of imidazole rings is 1. The second-order valence-electron chi connectivity index (χ2n) is 4.31. The molecule has 0 bridgehead atoms. The average Bonchev–Trinajstić information content (AvgIpc) is 2.84. The van der Waals surface area contributed by atoms with Gasteiger partial charge in [0.15, 0.2) is 11.5 Å². The zero-order chi connectivity index (χ0) is 14.1. The van der Waals surface area contributed by atoms with E-state index in [0.717, 1.165) is 5.56 Å². The molecule has 0 aliphatic carbocycles. The first-order chi connectivity index (χ1) is 9.65. The highest BCUT2D eigenvalue weighted by Crippen LogP contribution is 2.16. The molecule has 1 aromatic carbocycles. The maximum Gasteiger partial charge on any atom is 0.335 e. The van der Waals surface area contributed by atoms with Gasteiger partial charge in [0.05, 0.1) is 18.4 Å². The Kier molecular flexibility index (Phi) is 4.04. The minimum atomic E-state index is -0.940. The summed E-state index contributed by atoms with van der Waals surface area (Å²) in [5, 5.41) is 8.86. The molecule has 0 unspecified atom stereocenters. The van der Waals surface area contributed by atoms with Gasteiger partial charge < -0.3 is 15.4 Å². The number of rotatable bonds is 3. The molecule has 0 saturated carbocycles. The fourth-order valence-corrected chi connectivity index (χ4v) is 1.96. The van der Waals surface area contributed by atoms with E-state index in [0.29, 0.717) is 23.5 Å². The Bertz CT molecular complexity index is 785. The Morgan fingerprint density at radius 2 is 1.90 bits per heavy atom. The molecule has 3 rings (SSSR count). The van der Waals surface area contributed by atoms with Gasteiger partial charge in [-0.05, 0) is 17.7 Å². The van der Waals surface area contributed by atoms with Crippen molar-refractivity contribution in [1.82, 2.24) is 19.5 Å². The van der Waals surface area contributed by atoms with Gasteiger partial charge in [0, 0.05) is 0 Å². The van der Waals surface area contributed by atoms with Gasteiger partial charge in [-0.3, -0.25) is 0 Å². The third-order valence-corrected chi connectivity index (χ3v) is 2.98. The van der Waals surface area contributed by atoms with E-state index < -0.39 is 5.97 Å². The van der Waals surface area contributed by atoms with Gasteiger partial charge in [-0.25, -0.2) is 19.7 Å². The van der Waals surface area contributed by atoms with E-state index in [2.05, 4.69) is 15.0 Å². The summed E-state index contributed by atoms with van der Waals surface area (Å²) in [4.78, 5) is 23.0. The van der Waals surface area contributed by atoms with Crippen LogP contribution in [-0.2, 0) is 6.54 Å². The second-order valence-corrected chi connectivity index (χ2v) is 4.31. The van der Waals surface area contributed by atoms with E-state index in [1.807, 2.05) is 4.57 Å². The fourth-order valence-electron chi connectivity index (χ4n) is 1.96. The van der Waals surface area contributed by atoms with Crippen LogP contribution in [0.4, 0.5) is 5.82 Å². The van der Waals surface area contributed by atoms with Crippen LogP contribution in [-0.4, -0.2) is 30.6 Å². The number of nitrogen functional groups attached to an aromatic ring is 1. The smallest absolute Gasteiger partial charge is 0.335 e. The fraction of sp³-hybridized carbons (Fsp3) is 0.0769.